The van der Waals surface area contributed by atoms with Crippen LogP contribution < -0.4 is 9.62 Å². The summed E-state index contributed by atoms with van der Waals surface area (Å²) in [7, 11) is -4.32. The number of hydrogen-bond acceptors (Lipinski definition) is 4. The van der Waals surface area contributed by atoms with Gasteiger partial charge in [0.15, 0.2) is 0 Å². The van der Waals surface area contributed by atoms with Gasteiger partial charge in [-0.1, -0.05) is 107 Å². The van der Waals surface area contributed by atoms with E-state index in [0.717, 1.165) is 9.87 Å². The molecule has 0 saturated carbocycles. The largest absolute Gasteiger partial charge is 0.355 e. The Kier molecular flexibility index (Phi) is 11.6. The van der Waals surface area contributed by atoms with E-state index in [0.29, 0.717) is 17.1 Å². The number of anilines is 1. The van der Waals surface area contributed by atoms with Gasteiger partial charge in [0.05, 0.1) is 20.6 Å². The highest BCUT2D eigenvalue weighted by atomic mass is 35.5. The summed E-state index contributed by atoms with van der Waals surface area (Å²) in [6.45, 7) is 1.30. The van der Waals surface area contributed by atoms with Crippen LogP contribution in [0.4, 0.5) is 5.69 Å². The topological polar surface area (TPSA) is 86.8 Å². The molecule has 0 aromatic heterocycles. The van der Waals surface area contributed by atoms with Gasteiger partial charge in [-0.3, -0.25) is 13.9 Å². The number of sulfonamides is 1. The minimum Gasteiger partial charge on any atom is -0.355 e. The number of halogens is 4. The van der Waals surface area contributed by atoms with Crippen molar-refractivity contribution in [2.24, 2.45) is 0 Å². The highest BCUT2D eigenvalue weighted by Gasteiger charge is 2.35. The lowest BCUT2D eigenvalue weighted by Crippen LogP contribution is -2.53. The van der Waals surface area contributed by atoms with Crippen LogP contribution in [0, 0.1) is 0 Å². The molecule has 0 spiro atoms. The summed E-state index contributed by atoms with van der Waals surface area (Å²) in [6, 6.07) is 25.2. The Morgan fingerprint density at radius 3 is 2.11 bits per heavy atom. The average molecular weight is 693 g/mol. The zero-order valence-electron chi connectivity index (χ0n) is 23.6. The maximum atomic E-state index is 14.4. The van der Waals surface area contributed by atoms with Gasteiger partial charge in [0, 0.05) is 29.6 Å². The molecule has 0 saturated heterocycles. The van der Waals surface area contributed by atoms with E-state index in [4.69, 9.17) is 46.4 Å². The number of benzene rings is 4. The molecule has 7 nitrogen and oxygen atoms in total. The Bertz CT molecular complexity index is 1720. The lowest BCUT2D eigenvalue weighted by Gasteiger charge is -2.34. The molecule has 1 atom stereocenters. The first-order chi connectivity index (χ1) is 21.0. The van der Waals surface area contributed by atoms with Gasteiger partial charge in [0.25, 0.3) is 10.0 Å². The summed E-state index contributed by atoms with van der Waals surface area (Å²) >= 11 is 25.4. The summed E-state index contributed by atoms with van der Waals surface area (Å²) in [6.07, 6.45) is 0.160. The van der Waals surface area contributed by atoms with Crippen molar-refractivity contribution in [3.8, 4) is 0 Å². The van der Waals surface area contributed by atoms with Crippen molar-refractivity contribution in [1.82, 2.24) is 10.2 Å². The molecule has 4 aromatic rings. The molecular weight excluding hydrogens is 664 g/mol. The zero-order chi connectivity index (χ0) is 31.9. The predicted octanol–water partition coefficient (Wildman–Crippen LogP) is 7.27. The fraction of sp³-hybridized carbons (Fsp3) is 0.188. The number of nitrogens with zero attached hydrogens (tertiary/aromatic N) is 2. The predicted molar refractivity (Wildman–Crippen MR) is 177 cm³/mol. The molecule has 0 aliphatic heterocycles. The van der Waals surface area contributed by atoms with Crippen molar-refractivity contribution in [3.63, 3.8) is 0 Å². The smallest absolute Gasteiger partial charge is 0.264 e. The third-order valence-electron chi connectivity index (χ3n) is 6.79. The van der Waals surface area contributed by atoms with E-state index in [-0.39, 0.29) is 38.6 Å². The molecule has 0 bridgehead atoms. The van der Waals surface area contributed by atoms with Crippen molar-refractivity contribution >= 4 is 73.9 Å². The highest BCUT2D eigenvalue weighted by molar-refractivity contribution is 7.92. The number of carbonyl (C=O) groups excluding carboxylic acids is 2. The van der Waals surface area contributed by atoms with Crippen LogP contribution in [0.2, 0.25) is 20.1 Å². The van der Waals surface area contributed by atoms with Crippen LogP contribution >= 0.6 is 46.4 Å². The van der Waals surface area contributed by atoms with E-state index >= 15 is 0 Å². The van der Waals surface area contributed by atoms with Crippen molar-refractivity contribution in [2.45, 2.75) is 30.8 Å². The molecule has 0 aliphatic rings. The van der Waals surface area contributed by atoms with E-state index in [1.807, 2.05) is 30.3 Å². The Balaban J connectivity index is 1.84. The van der Waals surface area contributed by atoms with Crippen LogP contribution in [0.25, 0.3) is 0 Å². The first-order valence-corrected chi connectivity index (χ1v) is 16.5. The van der Waals surface area contributed by atoms with Crippen molar-refractivity contribution in [3.05, 3.63) is 128 Å². The monoisotopic (exact) mass is 691 g/mol. The third-order valence-corrected chi connectivity index (χ3v) is 9.96. The molecule has 0 unspecified atom stereocenters. The van der Waals surface area contributed by atoms with Gasteiger partial charge < -0.3 is 10.2 Å². The summed E-state index contributed by atoms with van der Waals surface area (Å²) < 4.78 is 29.0. The second-order valence-electron chi connectivity index (χ2n) is 9.76. The number of carbonyl (C=O) groups is 2. The fourth-order valence-corrected chi connectivity index (χ4v) is 6.96. The van der Waals surface area contributed by atoms with E-state index < -0.39 is 34.4 Å². The molecule has 12 heteroatoms. The number of rotatable bonds is 12. The third kappa shape index (κ3) is 8.06. The minimum atomic E-state index is -4.32. The molecular formula is C32H29Cl4N3O4S. The normalized spacial score (nSPS) is 11.9. The Labute approximate surface area is 277 Å². The maximum absolute atomic E-state index is 14.4. The van der Waals surface area contributed by atoms with Crippen molar-refractivity contribution in [1.29, 1.82) is 0 Å². The minimum absolute atomic E-state index is 0.0125. The molecule has 230 valence electrons. The van der Waals surface area contributed by atoms with Crippen LogP contribution in [0.5, 0.6) is 0 Å². The molecule has 0 fully saturated rings. The average Bonchev–Trinajstić information content (AvgIpc) is 3.01. The van der Waals surface area contributed by atoms with Crippen LogP contribution in [-0.4, -0.2) is 44.3 Å². The van der Waals surface area contributed by atoms with Gasteiger partial charge >= 0.3 is 0 Å². The highest BCUT2D eigenvalue weighted by Crippen LogP contribution is 2.36. The Hall–Kier alpha value is -3.27. The second kappa shape index (κ2) is 15.1. The van der Waals surface area contributed by atoms with E-state index in [1.54, 1.807) is 43.3 Å². The van der Waals surface area contributed by atoms with Gasteiger partial charge in [-0.25, -0.2) is 8.42 Å². The standard InChI is InChI=1S/C32H29Cl4N3O4S/c1-2-37-32(41)29(18-22-10-5-3-6-11-22)38(20-23-16-17-24(33)19-27(23)35)30(40)21-39(28-15-9-14-26(34)31(28)36)44(42,43)25-12-7-4-8-13-25/h3-17,19,29H,2,18,20-21H2,1H3,(H,37,41)/t29-/m0/s1. The van der Waals surface area contributed by atoms with Crippen LogP contribution in [-0.2, 0) is 32.6 Å². The van der Waals surface area contributed by atoms with Gasteiger partial charge in [0.1, 0.15) is 12.6 Å². The molecule has 1 N–H and O–H groups in total. The number of hydrogen-bond donors (Lipinski definition) is 1. The first kappa shape index (κ1) is 33.6. The number of amides is 2. The summed E-state index contributed by atoms with van der Waals surface area (Å²) in [5.41, 5.74) is 1.33. The van der Waals surface area contributed by atoms with Gasteiger partial charge in [-0.05, 0) is 54.4 Å². The number of nitrogens with one attached hydrogen (secondary N) is 1. The summed E-state index contributed by atoms with van der Waals surface area (Å²) in [5.74, 6) is -1.08. The summed E-state index contributed by atoms with van der Waals surface area (Å²) in [4.78, 5) is 29.3. The second-order valence-corrected chi connectivity index (χ2v) is 13.2. The van der Waals surface area contributed by atoms with E-state index in [1.165, 1.54) is 35.2 Å². The van der Waals surface area contributed by atoms with Crippen LogP contribution in [0.3, 0.4) is 0 Å². The molecule has 0 heterocycles. The van der Waals surface area contributed by atoms with Crippen LogP contribution in [0.15, 0.2) is 102 Å². The van der Waals surface area contributed by atoms with Crippen molar-refractivity contribution < 1.29 is 18.0 Å². The Morgan fingerprint density at radius 1 is 0.818 bits per heavy atom. The fourth-order valence-electron chi connectivity index (χ4n) is 4.60. The van der Waals surface area contributed by atoms with E-state index in [2.05, 4.69) is 5.32 Å². The first-order valence-electron chi connectivity index (χ1n) is 13.6. The lowest BCUT2D eigenvalue weighted by molar-refractivity contribution is -0.140. The SMILES string of the molecule is CCNC(=O)[C@H](Cc1ccccc1)N(Cc1ccc(Cl)cc1Cl)C(=O)CN(c1cccc(Cl)c1Cl)S(=O)(=O)c1ccccc1. The maximum Gasteiger partial charge on any atom is 0.264 e. The van der Waals surface area contributed by atoms with Gasteiger partial charge in [0.2, 0.25) is 11.8 Å². The quantitative estimate of drug-likeness (QED) is 0.169. The molecule has 4 aromatic carbocycles. The molecule has 0 aliphatic carbocycles. The lowest BCUT2D eigenvalue weighted by atomic mass is 10.0. The zero-order valence-corrected chi connectivity index (χ0v) is 27.4. The van der Waals surface area contributed by atoms with Gasteiger partial charge in [-0.15, -0.1) is 0 Å². The van der Waals surface area contributed by atoms with Crippen LogP contribution in [0.1, 0.15) is 18.1 Å². The molecule has 0 radical (unpaired) electrons. The molecule has 2 amide bonds. The Morgan fingerprint density at radius 2 is 1.48 bits per heavy atom. The van der Waals surface area contributed by atoms with Gasteiger partial charge in [-0.2, -0.15) is 0 Å². The molecule has 44 heavy (non-hydrogen) atoms. The molecule has 4 rings (SSSR count). The summed E-state index contributed by atoms with van der Waals surface area (Å²) in [5, 5.41) is 3.57. The number of likely N-dealkylation sites (N-methyl/N-ethyl adjacent to an activating group) is 1. The van der Waals surface area contributed by atoms with E-state index in [9.17, 15) is 18.0 Å². The van der Waals surface area contributed by atoms with Crippen molar-refractivity contribution in [2.75, 3.05) is 17.4 Å².